The van der Waals surface area contributed by atoms with Crippen LogP contribution in [-0.2, 0) is 16.0 Å². The Kier molecular flexibility index (Phi) is 7.17. The Balaban J connectivity index is 0.000000315. The summed E-state index contributed by atoms with van der Waals surface area (Å²) in [5.41, 5.74) is 2.28. The maximum absolute atomic E-state index is 9.10. The molecule has 21 heavy (non-hydrogen) atoms. The third-order valence-electron chi connectivity index (χ3n) is 2.87. The zero-order valence-electron chi connectivity index (χ0n) is 12.0. The number of rotatable bonds is 4. The van der Waals surface area contributed by atoms with E-state index in [0.717, 1.165) is 37.4 Å². The molecule has 0 aromatic carbocycles. The van der Waals surface area contributed by atoms with Crippen LogP contribution in [0.15, 0.2) is 16.7 Å². The second kappa shape index (κ2) is 8.91. The van der Waals surface area contributed by atoms with E-state index in [1.807, 2.05) is 0 Å². The van der Waals surface area contributed by atoms with Crippen LogP contribution in [0, 0.1) is 0 Å². The Hall–Kier alpha value is -2.15. The van der Waals surface area contributed by atoms with Gasteiger partial charge in [0.2, 0.25) is 0 Å². The van der Waals surface area contributed by atoms with Gasteiger partial charge < -0.3 is 20.1 Å². The fourth-order valence-electron chi connectivity index (χ4n) is 1.77. The van der Waals surface area contributed by atoms with Crippen molar-refractivity contribution < 1.29 is 24.3 Å². The smallest absolute Gasteiger partial charge is 0.414 e. The van der Waals surface area contributed by atoms with Gasteiger partial charge in [0.15, 0.2) is 0 Å². The first-order valence-corrected chi connectivity index (χ1v) is 6.86. The molecule has 0 radical (unpaired) electrons. The lowest BCUT2D eigenvalue weighted by molar-refractivity contribution is -0.159. The van der Waals surface area contributed by atoms with E-state index in [0.29, 0.717) is 0 Å². The van der Waals surface area contributed by atoms with E-state index in [2.05, 4.69) is 29.5 Å². The van der Waals surface area contributed by atoms with Crippen LogP contribution in [0.4, 0.5) is 0 Å². The molecule has 0 fully saturated rings. The first-order chi connectivity index (χ1) is 10.0. The molecule has 0 saturated carbocycles. The number of aliphatic carboxylic acids is 2. The average molecular weight is 296 g/mol. The van der Waals surface area contributed by atoms with Crippen molar-refractivity contribution in [2.24, 2.45) is 0 Å². The van der Waals surface area contributed by atoms with E-state index in [9.17, 15) is 0 Å². The highest BCUT2D eigenvalue weighted by Crippen LogP contribution is 2.17. The minimum Gasteiger partial charge on any atom is -0.473 e. The molecule has 0 saturated heterocycles. The summed E-state index contributed by atoms with van der Waals surface area (Å²) in [7, 11) is 0. The van der Waals surface area contributed by atoms with E-state index in [-0.39, 0.29) is 0 Å². The molecule has 7 nitrogen and oxygen atoms in total. The van der Waals surface area contributed by atoms with Crippen molar-refractivity contribution in [3.8, 4) is 0 Å². The summed E-state index contributed by atoms with van der Waals surface area (Å²) in [6, 6.07) is 2.08. The van der Waals surface area contributed by atoms with Gasteiger partial charge in [0, 0.05) is 19.0 Å². The molecule has 2 heterocycles. The van der Waals surface area contributed by atoms with Gasteiger partial charge >= 0.3 is 11.9 Å². The summed E-state index contributed by atoms with van der Waals surface area (Å²) < 4.78 is 5.30. The highest BCUT2D eigenvalue weighted by molar-refractivity contribution is 6.27. The summed E-state index contributed by atoms with van der Waals surface area (Å²) >= 11 is 0. The van der Waals surface area contributed by atoms with Crippen LogP contribution >= 0.6 is 0 Å². The first kappa shape index (κ1) is 16.9. The third kappa shape index (κ3) is 6.22. The Labute approximate surface area is 122 Å². The van der Waals surface area contributed by atoms with Gasteiger partial charge in [0.1, 0.15) is 11.5 Å². The van der Waals surface area contributed by atoms with Gasteiger partial charge in [-0.3, -0.25) is 0 Å². The lowest BCUT2D eigenvalue weighted by Crippen LogP contribution is -2.21. The predicted octanol–water partition coefficient (Wildman–Crippen LogP) is 1.55. The zero-order chi connectivity index (χ0) is 15.7. The van der Waals surface area contributed by atoms with E-state index in [4.69, 9.17) is 24.3 Å². The summed E-state index contributed by atoms with van der Waals surface area (Å²) in [5, 5.41) is 22.2. The number of carboxylic acid groups (broad SMARTS) is 2. The molecule has 7 heteroatoms. The fraction of sp³-hybridized carbons (Fsp3) is 0.500. The van der Waals surface area contributed by atoms with E-state index in [1.54, 1.807) is 0 Å². The average Bonchev–Trinajstić information content (AvgIpc) is 2.95. The molecule has 2 rings (SSSR count). The summed E-state index contributed by atoms with van der Waals surface area (Å²) in [6.07, 6.45) is 6.71. The van der Waals surface area contributed by atoms with E-state index < -0.39 is 11.9 Å². The van der Waals surface area contributed by atoms with Crippen molar-refractivity contribution in [1.29, 1.82) is 0 Å². The van der Waals surface area contributed by atoms with Crippen LogP contribution in [0.25, 0.3) is 5.57 Å². The lowest BCUT2D eigenvalue weighted by Gasteiger charge is -2.10. The Morgan fingerprint density at radius 3 is 2.62 bits per heavy atom. The molecule has 1 aromatic rings. The highest BCUT2D eigenvalue weighted by atomic mass is 16.5. The minimum absolute atomic E-state index is 0.916. The van der Waals surface area contributed by atoms with Crippen molar-refractivity contribution in [3.05, 3.63) is 23.6 Å². The first-order valence-electron chi connectivity index (χ1n) is 6.86. The molecule has 0 bridgehead atoms. The van der Waals surface area contributed by atoms with Gasteiger partial charge in [0.05, 0.1) is 0 Å². The summed E-state index contributed by atoms with van der Waals surface area (Å²) in [6.45, 7) is 4.18. The molecular formula is C14H20N2O5. The van der Waals surface area contributed by atoms with Crippen LogP contribution in [0.1, 0.15) is 37.6 Å². The molecular weight excluding hydrogens is 276 g/mol. The molecule has 3 N–H and O–H groups in total. The Bertz CT molecular complexity index is 495. The second-order valence-electron chi connectivity index (χ2n) is 4.59. The van der Waals surface area contributed by atoms with Crippen LogP contribution in [-0.4, -0.2) is 40.4 Å². The van der Waals surface area contributed by atoms with Crippen molar-refractivity contribution in [3.63, 3.8) is 0 Å². The van der Waals surface area contributed by atoms with Crippen LogP contribution < -0.4 is 5.32 Å². The Morgan fingerprint density at radius 1 is 1.38 bits per heavy atom. The van der Waals surface area contributed by atoms with E-state index >= 15 is 0 Å². The molecule has 0 aliphatic carbocycles. The number of aryl methyl sites for hydroxylation is 1. The Morgan fingerprint density at radius 2 is 2.10 bits per heavy atom. The van der Waals surface area contributed by atoms with Crippen LogP contribution in [0.2, 0.25) is 0 Å². The normalized spacial score (nSPS) is 13.9. The van der Waals surface area contributed by atoms with Crippen molar-refractivity contribution >= 4 is 17.5 Å². The van der Waals surface area contributed by atoms with E-state index in [1.165, 1.54) is 18.4 Å². The number of aromatic nitrogens is 1. The number of nitrogens with one attached hydrogen (secondary N) is 1. The van der Waals surface area contributed by atoms with Crippen molar-refractivity contribution in [1.82, 2.24) is 10.5 Å². The number of hydrogen-bond acceptors (Lipinski definition) is 5. The third-order valence-corrected chi connectivity index (χ3v) is 2.87. The predicted molar refractivity (Wildman–Crippen MR) is 75.9 cm³/mol. The number of nitrogens with zero attached hydrogens (tertiary/aromatic N) is 1. The zero-order valence-corrected chi connectivity index (χ0v) is 12.0. The van der Waals surface area contributed by atoms with Crippen molar-refractivity contribution in [2.45, 2.75) is 32.6 Å². The van der Waals surface area contributed by atoms with Crippen LogP contribution in [0.5, 0.6) is 0 Å². The molecule has 0 spiro atoms. The largest absolute Gasteiger partial charge is 0.473 e. The van der Waals surface area contributed by atoms with Crippen LogP contribution in [0.3, 0.4) is 0 Å². The topological polar surface area (TPSA) is 113 Å². The highest BCUT2D eigenvalue weighted by Gasteiger charge is 2.10. The quantitative estimate of drug-likeness (QED) is 0.722. The molecule has 0 unspecified atom stereocenters. The number of carbonyl (C=O) groups is 2. The van der Waals surface area contributed by atoms with Gasteiger partial charge in [-0.05, 0) is 25.0 Å². The lowest BCUT2D eigenvalue weighted by atomic mass is 10.1. The number of hydrogen-bond donors (Lipinski definition) is 3. The molecule has 0 amide bonds. The molecule has 1 aromatic heterocycles. The van der Waals surface area contributed by atoms with Gasteiger partial charge in [-0.1, -0.05) is 24.6 Å². The van der Waals surface area contributed by atoms with Crippen molar-refractivity contribution in [2.75, 3.05) is 13.1 Å². The molecule has 0 atom stereocenters. The molecule has 1 aliphatic rings. The monoisotopic (exact) mass is 296 g/mol. The minimum atomic E-state index is -1.82. The summed E-state index contributed by atoms with van der Waals surface area (Å²) in [4.78, 5) is 18.2. The standard InChI is InChI=1S/C12H18N2O.C2H2O4/c1-2-3-6-11-8-12(14-15-11)10-5-4-7-13-9-10;3-1(4)2(5)6/h5,8,13H,2-4,6-7,9H2,1H3;(H,3,4)(H,5,6). The van der Waals surface area contributed by atoms with Gasteiger partial charge in [-0.2, -0.15) is 0 Å². The fourth-order valence-corrected chi connectivity index (χ4v) is 1.77. The number of unbranched alkanes of at least 4 members (excludes halogenated alkanes) is 1. The van der Waals surface area contributed by atoms with Gasteiger partial charge in [0.25, 0.3) is 0 Å². The van der Waals surface area contributed by atoms with Gasteiger partial charge in [-0.25, -0.2) is 9.59 Å². The summed E-state index contributed by atoms with van der Waals surface area (Å²) in [5.74, 6) is -2.64. The maximum Gasteiger partial charge on any atom is 0.414 e. The molecule has 116 valence electrons. The van der Waals surface area contributed by atoms with Gasteiger partial charge in [-0.15, -0.1) is 0 Å². The molecule has 1 aliphatic heterocycles. The second-order valence-corrected chi connectivity index (χ2v) is 4.59. The number of carboxylic acids is 2. The maximum atomic E-state index is 9.10. The SMILES string of the molecule is CCCCc1cc(C2=CCCNC2)no1.O=C(O)C(=O)O.